The number of hydrogen-bond acceptors (Lipinski definition) is 6. The number of nitrogens with zero attached hydrogens (tertiary/aromatic N) is 4. The molecule has 0 bridgehead atoms. The third-order valence-electron chi connectivity index (χ3n) is 4.00. The molecule has 1 aliphatic heterocycles. The Hall–Kier alpha value is -2.03. The molecule has 1 saturated heterocycles. The van der Waals surface area contributed by atoms with Crippen molar-refractivity contribution in [3.05, 3.63) is 51.3 Å². The van der Waals surface area contributed by atoms with Gasteiger partial charge < -0.3 is 14.2 Å². The molecule has 0 atom stereocenters. The fourth-order valence-electron chi connectivity index (χ4n) is 2.71. The Morgan fingerprint density at radius 1 is 1.32 bits per heavy atom. The number of rotatable bonds is 3. The smallest absolute Gasteiger partial charge is 0.292 e. The van der Waals surface area contributed by atoms with E-state index in [0.717, 1.165) is 23.8 Å². The molecule has 3 heterocycles. The molecule has 1 aromatic carbocycles. The monoisotopic (exact) mass is 380 g/mol. The number of thiazole rings is 1. The molecule has 9 heteroatoms. The zero-order valence-corrected chi connectivity index (χ0v) is 14.7. The van der Waals surface area contributed by atoms with Crippen molar-refractivity contribution in [1.29, 1.82) is 0 Å². The fraction of sp³-hybridized carbons (Fsp3) is 0.312. The predicted molar refractivity (Wildman–Crippen MR) is 95.2 cm³/mol. The van der Waals surface area contributed by atoms with Crippen LogP contribution >= 0.6 is 22.9 Å². The van der Waals surface area contributed by atoms with Crippen molar-refractivity contribution in [2.24, 2.45) is 0 Å². The maximum atomic E-state index is 13.3. The van der Waals surface area contributed by atoms with Gasteiger partial charge in [-0.1, -0.05) is 29.0 Å². The number of fused-ring (bicyclic) bond motifs is 1. The van der Waals surface area contributed by atoms with Gasteiger partial charge in [-0.05, 0) is 17.7 Å². The normalized spacial score (nSPS) is 15.0. The quantitative estimate of drug-likeness (QED) is 0.698. The first-order valence-corrected chi connectivity index (χ1v) is 8.94. The van der Waals surface area contributed by atoms with Crippen LogP contribution in [0.15, 0.2) is 29.3 Å². The van der Waals surface area contributed by atoms with Crippen LogP contribution in [-0.2, 0) is 11.3 Å². The minimum atomic E-state index is -0.461. The second kappa shape index (κ2) is 6.70. The van der Waals surface area contributed by atoms with Crippen molar-refractivity contribution in [3.63, 3.8) is 0 Å². The zero-order chi connectivity index (χ0) is 17.4. The topological polar surface area (TPSA) is 60.2 Å². The minimum Gasteiger partial charge on any atom is -0.378 e. The van der Waals surface area contributed by atoms with Gasteiger partial charge >= 0.3 is 0 Å². The van der Waals surface area contributed by atoms with Crippen LogP contribution in [-0.4, -0.2) is 40.8 Å². The molecule has 0 radical (unpaired) electrons. The van der Waals surface area contributed by atoms with Crippen LogP contribution in [0.4, 0.5) is 9.52 Å². The Balaban J connectivity index is 1.73. The van der Waals surface area contributed by atoms with E-state index in [1.807, 2.05) is 0 Å². The number of morpholine rings is 1. The fourth-order valence-corrected chi connectivity index (χ4v) is 3.93. The highest BCUT2D eigenvalue weighted by atomic mass is 35.5. The summed E-state index contributed by atoms with van der Waals surface area (Å²) in [6.45, 7) is 3.18. The highest BCUT2D eigenvalue weighted by molar-refractivity contribution is 7.22. The van der Waals surface area contributed by atoms with Crippen molar-refractivity contribution in [2.45, 2.75) is 6.54 Å². The Kier molecular flexibility index (Phi) is 4.41. The lowest BCUT2D eigenvalue weighted by atomic mass is 10.2. The second-order valence-electron chi connectivity index (χ2n) is 5.67. The van der Waals surface area contributed by atoms with E-state index in [1.54, 1.807) is 16.7 Å². The van der Waals surface area contributed by atoms with Gasteiger partial charge in [0.15, 0.2) is 10.8 Å². The van der Waals surface area contributed by atoms with Crippen LogP contribution in [0.1, 0.15) is 5.56 Å². The Labute approximate surface area is 151 Å². The van der Waals surface area contributed by atoms with E-state index in [-0.39, 0.29) is 10.6 Å². The summed E-state index contributed by atoms with van der Waals surface area (Å²) >= 11 is 7.19. The van der Waals surface area contributed by atoms with Gasteiger partial charge in [0.2, 0.25) is 0 Å². The Morgan fingerprint density at radius 2 is 2.12 bits per heavy atom. The molecule has 3 aromatic rings. The average Bonchev–Trinajstić information content (AvgIpc) is 3.08. The van der Waals surface area contributed by atoms with Crippen molar-refractivity contribution in [3.8, 4) is 0 Å². The Morgan fingerprint density at radius 3 is 2.88 bits per heavy atom. The lowest BCUT2D eigenvalue weighted by molar-refractivity contribution is 0.122. The number of halogens is 2. The molecule has 1 fully saturated rings. The van der Waals surface area contributed by atoms with Gasteiger partial charge in [-0.25, -0.2) is 9.37 Å². The van der Waals surface area contributed by atoms with Gasteiger partial charge in [-0.2, -0.15) is 4.98 Å². The van der Waals surface area contributed by atoms with Crippen LogP contribution in [0.3, 0.4) is 0 Å². The van der Waals surface area contributed by atoms with Gasteiger partial charge in [0.05, 0.1) is 24.8 Å². The third kappa shape index (κ3) is 3.24. The molecule has 2 aromatic heterocycles. The molecule has 25 heavy (non-hydrogen) atoms. The first-order valence-electron chi connectivity index (χ1n) is 7.74. The molecular weight excluding hydrogens is 367 g/mol. The number of benzene rings is 1. The number of ether oxygens (including phenoxy) is 1. The second-order valence-corrected chi connectivity index (χ2v) is 7.06. The molecule has 6 nitrogen and oxygen atoms in total. The van der Waals surface area contributed by atoms with Crippen LogP contribution in [0.5, 0.6) is 0 Å². The number of hydrogen-bond donors (Lipinski definition) is 0. The van der Waals surface area contributed by atoms with Crippen LogP contribution < -0.4 is 10.5 Å². The molecule has 4 rings (SSSR count). The molecule has 0 saturated carbocycles. The summed E-state index contributed by atoms with van der Waals surface area (Å²) in [5.41, 5.74) is 1.09. The number of aromatic nitrogens is 3. The van der Waals surface area contributed by atoms with Crippen molar-refractivity contribution in [2.75, 3.05) is 31.2 Å². The van der Waals surface area contributed by atoms with Crippen molar-refractivity contribution in [1.82, 2.24) is 14.5 Å². The average molecular weight is 381 g/mol. The minimum absolute atomic E-state index is 0.0648. The van der Waals surface area contributed by atoms with E-state index in [2.05, 4.69) is 14.9 Å². The van der Waals surface area contributed by atoms with E-state index < -0.39 is 5.82 Å². The molecule has 0 N–H and O–H groups in total. The number of anilines is 1. The van der Waals surface area contributed by atoms with Crippen LogP contribution in [0.2, 0.25) is 5.02 Å². The highest BCUT2D eigenvalue weighted by Crippen LogP contribution is 2.27. The lowest BCUT2D eigenvalue weighted by Crippen LogP contribution is -2.36. The third-order valence-corrected chi connectivity index (χ3v) is 5.38. The summed E-state index contributed by atoms with van der Waals surface area (Å²) < 4.78 is 21.0. The van der Waals surface area contributed by atoms with Gasteiger partial charge in [0.1, 0.15) is 16.8 Å². The predicted octanol–water partition coefficient (Wildman–Crippen LogP) is 2.53. The van der Waals surface area contributed by atoms with Gasteiger partial charge in [-0.3, -0.25) is 4.79 Å². The highest BCUT2D eigenvalue weighted by Gasteiger charge is 2.18. The zero-order valence-electron chi connectivity index (χ0n) is 13.1. The summed E-state index contributed by atoms with van der Waals surface area (Å²) in [5.74, 6) is -0.461. The van der Waals surface area contributed by atoms with Crippen LogP contribution in [0, 0.1) is 5.82 Å². The molecular formula is C16H14ClFN4O2S. The van der Waals surface area contributed by atoms with E-state index in [9.17, 15) is 9.18 Å². The van der Waals surface area contributed by atoms with Crippen molar-refractivity contribution < 1.29 is 9.13 Å². The summed E-state index contributed by atoms with van der Waals surface area (Å²) in [4.78, 5) is 22.8. The molecule has 0 unspecified atom stereocenters. The first kappa shape index (κ1) is 16.4. The largest absolute Gasteiger partial charge is 0.378 e. The Bertz CT molecular complexity index is 984. The van der Waals surface area contributed by atoms with Gasteiger partial charge in [0.25, 0.3) is 5.56 Å². The first-order chi connectivity index (χ1) is 12.1. The molecule has 0 amide bonds. The van der Waals surface area contributed by atoms with E-state index in [4.69, 9.17) is 16.3 Å². The van der Waals surface area contributed by atoms with E-state index in [0.29, 0.717) is 30.1 Å². The van der Waals surface area contributed by atoms with Gasteiger partial charge in [0, 0.05) is 13.1 Å². The van der Waals surface area contributed by atoms with Crippen LogP contribution in [0.25, 0.3) is 10.3 Å². The summed E-state index contributed by atoms with van der Waals surface area (Å²) in [6.07, 6.45) is 1.46. The van der Waals surface area contributed by atoms with E-state index in [1.165, 1.54) is 23.7 Å². The van der Waals surface area contributed by atoms with Gasteiger partial charge in [-0.15, -0.1) is 0 Å². The SMILES string of the molecule is O=c1ncn(Cc2ccc(F)c(Cl)c2)c2nc(N3CCOCC3)sc12. The molecule has 130 valence electrons. The molecule has 0 aliphatic carbocycles. The maximum absolute atomic E-state index is 13.3. The molecule has 0 spiro atoms. The lowest BCUT2D eigenvalue weighted by Gasteiger charge is -2.25. The standard InChI is InChI=1S/C16H14ClFN4O2S/c17-11-7-10(1-2-12(11)18)8-22-9-19-15(23)13-14(22)20-16(25-13)21-3-5-24-6-4-21/h1-2,7,9H,3-6,8H2. The summed E-state index contributed by atoms with van der Waals surface area (Å²) in [6, 6.07) is 4.54. The van der Waals surface area contributed by atoms with Crippen molar-refractivity contribution >= 4 is 38.4 Å². The summed E-state index contributed by atoms with van der Waals surface area (Å²) in [7, 11) is 0. The van der Waals surface area contributed by atoms with E-state index >= 15 is 0 Å². The maximum Gasteiger partial charge on any atom is 0.292 e. The molecule has 1 aliphatic rings. The summed E-state index contributed by atoms with van der Waals surface area (Å²) in [5, 5.41) is 0.851.